The molecule has 0 unspecified atom stereocenters. The van der Waals surface area contributed by atoms with Crippen molar-refractivity contribution >= 4 is 45.1 Å². The molecular weight excluding hydrogens is 599 g/mol. The Kier molecular flexibility index (Phi) is 7.84. The molecule has 0 N–H and O–H groups in total. The largest absolute Gasteiger partial charge is 0.265 e. The number of aliphatic imine (C=N–C) groups is 1. The van der Waals surface area contributed by atoms with Crippen molar-refractivity contribution in [3.8, 4) is 44.8 Å². The molecule has 49 heavy (non-hydrogen) atoms. The molecule has 0 aliphatic rings. The highest BCUT2D eigenvalue weighted by atomic mass is 14.8. The number of pyridine rings is 4. The molecule has 8 rings (SSSR count). The molecule has 0 amide bonds. The van der Waals surface area contributed by atoms with Crippen molar-refractivity contribution < 1.29 is 0 Å². The molecule has 4 aromatic heterocycles. The maximum atomic E-state index is 5.23. The van der Waals surface area contributed by atoms with Crippen LogP contribution in [0.3, 0.4) is 0 Å². The van der Waals surface area contributed by atoms with Crippen LogP contribution >= 0.6 is 0 Å². The number of rotatable bonds is 7. The summed E-state index contributed by atoms with van der Waals surface area (Å²) in [6, 6.07) is 41.9. The van der Waals surface area contributed by atoms with Crippen molar-refractivity contribution in [2.45, 2.75) is 6.92 Å². The van der Waals surface area contributed by atoms with Crippen LogP contribution in [0.1, 0.15) is 12.5 Å². The van der Waals surface area contributed by atoms with Gasteiger partial charge in [0.2, 0.25) is 0 Å². The van der Waals surface area contributed by atoms with Crippen LogP contribution in [-0.4, -0.2) is 26.7 Å². The zero-order chi connectivity index (χ0) is 33.2. The van der Waals surface area contributed by atoms with Gasteiger partial charge in [0.1, 0.15) is 0 Å². The molecule has 5 nitrogen and oxygen atoms in total. The third-order valence-electron chi connectivity index (χ3n) is 8.80. The van der Waals surface area contributed by atoms with Gasteiger partial charge in [-0.1, -0.05) is 78.9 Å². The molecule has 0 atom stereocenters. The third kappa shape index (κ3) is 5.68. The van der Waals surface area contributed by atoms with E-state index in [2.05, 4.69) is 119 Å². The quantitative estimate of drug-likeness (QED) is 0.0761. The lowest BCUT2D eigenvalue weighted by molar-refractivity contribution is 1.32. The van der Waals surface area contributed by atoms with E-state index in [1.807, 2.05) is 68.0 Å². The van der Waals surface area contributed by atoms with Crippen LogP contribution in [0, 0.1) is 0 Å². The van der Waals surface area contributed by atoms with E-state index < -0.39 is 0 Å². The monoisotopic (exact) mass is 629 g/mol. The Balaban J connectivity index is 1.24. The smallest absolute Gasteiger partial charge is 0.0978 e. The van der Waals surface area contributed by atoms with Gasteiger partial charge in [-0.05, 0) is 91.0 Å². The van der Waals surface area contributed by atoms with Gasteiger partial charge in [-0.3, -0.25) is 15.0 Å². The fourth-order valence-corrected chi connectivity index (χ4v) is 6.41. The summed E-state index contributed by atoms with van der Waals surface area (Å²) in [7, 11) is 0. The highest BCUT2D eigenvalue weighted by molar-refractivity contribution is 6.16. The summed E-state index contributed by atoms with van der Waals surface area (Å²) in [4.78, 5) is 23.6. The van der Waals surface area contributed by atoms with Crippen molar-refractivity contribution in [1.82, 2.24) is 19.9 Å². The number of aromatic nitrogens is 4. The number of para-hydroxylation sites is 1. The minimum atomic E-state index is 0.801. The van der Waals surface area contributed by atoms with Gasteiger partial charge in [0.05, 0.1) is 33.6 Å². The number of fused-ring (bicyclic) bond motifs is 4. The second-order valence-electron chi connectivity index (χ2n) is 11.8. The van der Waals surface area contributed by atoms with Crippen LogP contribution < -0.4 is 0 Å². The Hall–Kier alpha value is -6.59. The lowest BCUT2D eigenvalue weighted by Crippen LogP contribution is -1.93. The molecule has 0 radical (unpaired) electrons. The molecule has 232 valence electrons. The fourth-order valence-electron chi connectivity index (χ4n) is 6.41. The summed E-state index contributed by atoms with van der Waals surface area (Å²) in [6.07, 6.45) is 11.4. The molecular formula is C44H31N5. The highest BCUT2D eigenvalue weighted by Gasteiger charge is 2.15. The standard InChI is InChI=1S/C44H31N5/c1-3-4-10-38(45-2)34-26-33(27-35(28-34)39-11-7-8-23-47-39)29-13-15-30(16-14-29)40-20-18-32-17-19-37-42(31-21-24-46-25-22-31)36-9-5-6-12-41(36)49-44(37)43(32)48-40/h3-28H,2H2,1H3/b4-3-,38-10-. The molecule has 5 heteroatoms. The Morgan fingerprint density at radius 2 is 1.39 bits per heavy atom. The topological polar surface area (TPSA) is 63.9 Å². The average molecular weight is 630 g/mol. The van der Waals surface area contributed by atoms with E-state index in [4.69, 9.17) is 9.97 Å². The normalized spacial score (nSPS) is 11.9. The first-order valence-corrected chi connectivity index (χ1v) is 16.2. The van der Waals surface area contributed by atoms with E-state index in [0.717, 1.165) is 88.7 Å². The van der Waals surface area contributed by atoms with Gasteiger partial charge in [0.15, 0.2) is 0 Å². The number of hydrogen-bond acceptors (Lipinski definition) is 5. The van der Waals surface area contributed by atoms with Gasteiger partial charge in [0.25, 0.3) is 0 Å². The van der Waals surface area contributed by atoms with Crippen LogP contribution in [0.25, 0.3) is 83.2 Å². The number of hydrogen-bond donors (Lipinski definition) is 0. The predicted octanol–water partition coefficient (Wildman–Crippen LogP) is 11.0. The first kappa shape index (κ1) is 29.8. The summed E-state index contributed by atoms with van der Waals surface area (Å²) in [5.74, 6) is 0. The summed E-state index contributed by atoms with van der Waals surface area (Å²) in [5.41, 5.74) is 12.7. The Labute approximate surface area is 284 Å². The van der Waals surface area contributed by atoms with Gasteiger partial charge >= 0.3 is 0 Å². The molecule has 4 heterocycles. The summed E-state index contributed by atoms with van der Waals surface area (Å²) >= 11 is 0. The van der Waals surface area contributed by atoms with E-state index in [-0.39, 0.29) is 0 Å². The molecule has 0 bridgehead atoms. The van der Waals surface area contributed by atoms with Crippen molar-refractivity contribution in [2.75, 3.05) is 0 Å². The Morgan fingerprint density at radius 1 is 0.612 bits per heavy atom. The number of allylic oxidation sites excluding steroid dienone is 3. The number of benzene rings is 4. The lowest BCUT2D eigenvalue weighted by atomic mass is 9.95. The summed E-state index contributed by atoms with van der Waals surface area (Å²) < 4.78 is 0. The molecule has 4 aromatic carbocycles. The maximum Gasteiger partial charge on any atom is 0.0978 e. The molecule has 0 aliphatic heterocycles. The molecule has 0 saturated heterocycles. The summed E-state index contributed by atoms with van der Waals surface area (Å²) in [6.45, 7) is 5.82. The average Bonchev–Trinajstić information content (AvgIpc) is 3.17. The van der Waals surface area contributed by atoms with Crippen molar-refractivity contribution in [2.24, 2.45) is 4.99 Å². The van der Waals surface area contributed by atoms with E-state index in [0.29, 0.717) is 0 Å². The Morgan fingerprint density at radius 3 is 2.18 bits per heavy atom. The maximum absolute atomic E-state index is 5.23. The van der Waals surface area contributed by atoms with E-state index in [9.17, 15) is 0 Å². The molecule has 8 aromatic rings. The van der Waals surface area contributed by atoms with Gasteiger partial charge in [-0.25, -0.2) is 9.97 Å². The van der Waals surface area contributed by atoms with E-state index in [1.54, 1.807) is 0 Å². The number of nitrogens with zero attached hydrogens (tertiary/aromatic N) is 5. The van der Waals surface area contributed by atoms with Crippen molar-refractivity contribution in [3.63, 3.8) is 0 Å². The molecule has 0 spiro atoms. The van der Waals surface area contributed by atoms with E-state index >= 15 is 0 Å². The van der Waals surface area contributed by atoms with Crippen LogP contribution in [0.2, 0.25) is 0 Å². The summed E-state index contributed by atoms with van der Waals surface area (Å²) in [5, 5.41) is 3.22. The SMILES string of the molecule is C=N/C(=C\C=C/C)c1cc(-c2ccc(-c3ccc4ccc5c(-c6ccncc6)c6ccccc6nc5c4n3)cc2)cc(-c2ccccn2)c1. The van der Waals surface area contributed by atoms with Crippen molar-refractivity contribution in [1.29, 1.82) is 0 Å². The van der Waals surface area contributed by atoms with Crippen LogP contribution in [0.5, 0.6) is 0 Å². The fraction of sp³-hybridized carbons (Fsp3) is 0.0227. The second kappa shape index (κ2) is 12.9. The highest BCUT2D eigenvalue weighted by Crippen LogP contribution is 2.38. The van der Waals surface area contributed by atoms with Crippen LogP contribution in [-0.2, 0) is 0 Å². The first-order chi connectivity index (χ1) is 24.2. The minimum Gasteiger partial charge on any atom is -0.265 e. The van der Waals surface area contributed by atoms with Gasteiger partial charge in [0, 0.05) is 57.0 Å². The third-order valence-corrected chi connectivity index (χ3v) is 8.80. The minimum absolute atomic E-state index is 0.801. The van der Waals surface area contributed by atoms with Crippen LogP contribution in [0.15, 0.2) is 163 Å². The van der Waals surface area contributed by atoms with Crippen molar-refractivity contribution in [3.05, 3.63) is 164 Å². The van der Waals surface area contributed by atoms with Crippen LogP contribution in [0.4, 0.5) is 0 Å². The predicted molar refractivity (Wildman–Crippen MR) is 204 cm³/mol. The molecule has 0 aliphatic carbocycles. The first-order valence-electron chi connectivity index (χ1n) is 16.2. The molecule has 0 saturated carbocycles. The zero-order valence-corrected chi connectivity index (χ0v) is 27.0. The van der Waals surface area contributed by atoms with Gasteiger partial charge in [-0.15, -0.1) is 0 Å². The van der Waals surface area contributed by atoms with Gasteiger partial charge < -0.3 is 0 Å². The van der Waals surface area contributed by atoms with Gasteiger partial charge in [-0.2, -0.15) is 0 Å². The van der Waals surface area contributed by atoms with E-state index in [1.165, 1.54) is 0 Å². The molecule has 0 fully saturated rings. The zero-order valence-electron chi connectivity index (χ0n) is 27.0. The Bertz CT molecular complexity index is 2550. The lowest BCUT2D eigenvalue weighted by Gasteiger charge is -2.13. The second-order valence-corrected chi connectivity index (χ2v) is 11.8.